The Morgan fingerprint density at radius 3 is 2.79 bits per heavy atom. The minimum Gasteiger partial charge on any atom is -0.472 e. The molecule has 1 fully saturated rings. The first-order valence-electron chi connectivity index (χ1n) is 8.92. The zero-order chi connectivity index (χ0) is 20.6. The van der Waals surface area contributed by atoms with Crippen molar-refractivity contribution >= 4 is 16.8 Å². The summed E-state index contributed by atoms with van der Waals surface area (Å²) in [6.45, 7) is 0.557. The van der Waals surface area contributed by atoms with E-state index in [1.807, 2.05) is 0 Å². The molecule has 9 heteroatoms. The van der Waals surface area contributed by atoms with E-state index in [0.29, 0.717) is 23.9 Å². The molecule has 1 unspecified atom stereocenters. The minimum absolute atomic E-state index is 0.138. The molecule has 1 N–H and O–H groups in total. The lowest BCUT2D eigenvalue weighted by atomic mass is 10.1. The maximum absolute atomic E-state index is 12.9. The second-order valence-corrected chi connectivity index (χ2v) is 6.75. The number of H-pyrrole nitrogens is 1. The zero-order valence-electron chi connectivity index (χ0n) is 15.1. The van der Waals surface area contributed by atoms with Gasteiger partial charge >= 0.3 is 6.18 Å². The van der Waals surface area contributed by atoms with Gasteiger partial charge in [0.1, 0.15) is 6.10 Å². The molecule has 1 saturated heterocycles. The lowest BCUT2D eigenvalue weighted by Gasteiger charge is -2.18. The summed E-state index contributed by atoms with van der Waals surface area (Å²) in [5.74, 6) is -0.462. The fourth-order valence-electron chi connectivity index (χ4n) is 3.38. The number of aromatic nitrogens is 2. The number of alkyl halides is 3. The highest BCUT2D eigenvalue weighted by atomic mass is 19.4. The number of nitrogens with one attached hydrogen (secondary N) is 1. The highest BCUT2D eigenvalue weighted by molar-refractivity contribution is 6.06. The standard InChI is InChI=1S/C20H16F3N3O3/c21-20(22,23)12-5-7-24-18(9-12)29-13-6-8-26(11-13)19(28)15-10-17(27)25-16-4-2-1-3-14(15)16/h1-5,7,9-10,13H,6,8,11H2,(H,25,27). The topological polar surface area (TPSA) is 75.3 Å². The SMILES string of the molecule is O=C(c1cc(=O)[nH]c2ccccc12)N1CCC(Oc2cc(C(F)(F)F)ccn2)C1. The lowest BCUT2D eigenvalue weighted by molar-refractivity contribution is -0.137. The summed E-state index contributed by atoms with van der Waals surface area (Å²) in [6, 6.07) is 9.95. The normalized spacial score (nSPS) is 16.9. The molecule has 0 aliphatic carbocycles. The predicted octanol–water partition coefficient (Wildman–Crippen LogP) is 3.24. The van der Waals surface area contributed by atoms with Crippen molar-refractivity contribution in [2.75, 3.05) is 13.1 Å². The lowest BCUT2D eigenvalue weighted by Crippen LogP contribution is -2.32. The highest BCUT2D eigenvalue weighted by Gasteiger charge is 2.33. The van der Waals surface area contributed by atoms with Gasteiger partial charge in [0.2, 0.25) is 11.4 Å². The van der Waals surface area contributed by atoms with E-state index in [1.165, 1.54) is 11.0 Å². The third kappa shape index (κ3) is 3.94. The van der Waals surface area contributed by atoms with E-state index in [1.54, 1.807) is 24.3 Å². The maximum atomic E-state index is 12.9. The molecule has 0 saturated carbocycles. The zero-order valence-corrected chi connectivity index (χ0v) is 15.1. The number of carbonyl (C=O) groups excluding carboxylic acids is 1. The van der Waals surface area contributed by atoms with Crippen LogP contribution >= 0.6 is 0 Å². The van der Waals surface area contributed by atoms with Crippen LogP contribution in [-0.4, -0.2) is 40.0 Å². The number of ether oxygens (including phenoxy) is 1. The van der Waals surface area contributed by atoms with E-state index in [4.69, 9.17) is 4.74 Å². The third-order valence-electron chi connectivity index (χ3n) is 4.76. The largest absolute Gasteiger partial charge is 0.472 e. The summed E-state index contributed by atoms with van der Waals surface area (Å²) in [7, 11) is 0. The molecule has 1 aliphatic rings. The number of carbonyl (C=O) groups is 1. The number of aromatic amines is 1. The highest BCUT2D eigenvalue weighted by Crippen LogP contribution is 2.31. The molecule has 1 aliphatic heterocycles. The van der Waals surface area contributed by atoms with E-state index in [-0.39, 0.29) is 29.5 Å². The fraction of sp³-hybridized carbons (Fsp3) is 0.250. The summed E-state index contributed by atoms with van der Waals surface area (Å²) in [5.41, 5.74) is -0.388. The van der Waals surface area contributed by atoms with Crippen molar-refractivity contribution in [3.8, 4) is 5.88 Å². The van der Waals surface area contributed by atoms with E-state index in [9.17, 15) is 22.8 Å². The molecule has 150 valence electrons. The van der Waals surface area contributed by atoms with Crippen molar-refractivity contribution in [2.24, 2.45) is 0 Å². The second kappa shape index (κ2) is 7.23. The second-order valence-electron chi connectivity index (χ2n) is 6.75. The summed E-state index contributed by atoms with van der Waals surface area (Å²) < 4.78 is 44.1. The number of nitrogens with zero attached hydrogens (tertiary/aromatic N) is 2. The van der Waals surface area contributed by atoms with Crippen LogP contribution in [0.2, 0.25) is 0 Å². The van der Waals surface area contributed by atoms with Crippen LogP contribution in [0.25, 0.3) is 10.9 Å². The molecular weight excluding hydrogens is 387 g/mol. The van der Waals surface area contributed by atoms with Crippen LogP contribution in [-0.2, 0) is 6.18 Å². The van der Waals surface area contributed by atoms with Gasteiger partial charge in [-0.05, 0) is 12.1 Å². The van der Waals surface area contributed by atoms with Gasteiger partial charge in [0.15, 0.2) is 0 Å². The number of pyridine rings is 2. The van der Waals surface area contributed by atoms with Crippen molar-refractivity contribution in [3.63, 3.8) is 0 Å². The molecule has 3 aromatic rings. The van der Waals surface area contributed by atoms with Crippen LogP contribution in [0.3, 0.4) is 0 Å². The summed E-state index contributed by atoms with van der Waals surface area (Å²) >= 11 is 0. The monoisotopic (exact) mass is 403 g/mol. The van der Waals surface area contributed by atoms with Crippen molar-refractivity contribution in [3.05, 3.63) is 70.1 Å². The summed E-state index contributed by atoms with van der Waals surface area (Å²) in [6.07, 6.45) is -3.48. The van der Waals surface area contributed by atoms with Gasteiger partial charge in [-0.3, -0.25) is 9.59 Å². The quantitative estimate of drug-likeness (QED) is 0.729. The molecule has 0 spiro atoms. The fourth-order valence-corrected chi connectivity index (χ4v) is 3.38. The van der Waals surface area contributed by atoms with Gasteiger partial charge in [-0.1, -0.05) is 18.2 Å². The van der Waals surface area contributed by atoms with Crippen LogP contribution in [0.1, 0.15) is 22.3 Å². The van der Waals surface area contributed by atoms with Gasteiger partial charge in [-0.25, -0.2) is 4.98 Å². The van der Waals surface area contributed by atoms with Gasteiger partial charge in [-0.2, -0.15) is 13.2 Å². The number of benzene rings is 1. The molecule has 2 aromatic heterocycles. The van der Waals surface area contributed by atoms with Gasteiger partial charge in [0.05, 0.1) is 17.7 Å². The van der Waals surface area contributed by atoms with E-state index < -0.39 is 17.8 Å². The number of para-hydroxylation sites is 1. The van der Waals surface area contributed by atoms with Gasteiger partial charge in [0, 0.05) is 42.2 Å². The molecule has 1 aromatic carbocycles. The molecule has 6 nitrogen and oxygen atoms in total. The Bertz CT molecular complexity index is 1130. The van der Waals surface area contributed by atoms with Gasteiger partial charge in [-0.15, -0.1) is 0 Å². The number of halogens is 3. The smallest absolute Gasteiger partial charge is 0.416 e. The minimum atomic E-state index is -4.49. The first kappa shape index (κ1) is 19.0. The van der Waals surface area contributed by atoms with Crippen molar-refractivity contribution in [1.82, 2.24) is 14.9 Å². The Morgan fingerprint density at radius 1 is 1.21 bits per heavy atom. The Hall–Kier alpha value is -3.36. The van der Waals surface area contributed by atoms with E-state index in [2.05, 4.69) is 9.97 Å². The number of hydrogen-bond donors (Lipinski definition) is 1. The first-order chi connectivity index (χ1) is 13.8. The molecule has 0 radical (unpaired) electrons. The average Bonchev–Trinajstić information content (AvgIpc) is 3.14. The Labute approximate surface area is 162 Å². The van der Waals surface area contributed by atoms with Gasteiger partial charge in [0.25, 0.3) is 5.91 Å². The van der Waals surface area contributed by atoms with E-state index >= 15 is 0 Å². The molecule has 29 heavy (non-hydrogen) atoms. The van der Waals surface area contributed by atoms with Crippen LogP contribution in [0, 0.1) is 0 Å². The molecule has 4 rings (SSSR count). The summed E-state index contributed by atoms with van der Waals surface area (Å²) in [4.78, 5) is 32.9. The number of hydrogen-bond acceptors (Lipinski definition) is 4. The molecule has 1 atom stereocenters. The first-order valence-corrected chi connectivity index (χ1v) is 8.92. The van der Waals surface area contributed by atoms with Crippen molar-refractivity contribution in [2.45, 2.75) is 18.7 Å². The number of rotatable bonds is 3. The Morgan fingerprint density at radius 2 is 2.00 bits per heavy atom. The average molecular weight is 403 g/mol. The number of fused-ring (bicyclic) bond motifs is 1. The Kier molecular flexibility index (Phi) is 4.73. The third-order valence-corrected chi connectivity index (χ3v) is 4.76. The van der Waals surface area contributed by atoms with Crippen molar-refractivity contribution < 1.29 is 22.7 Å². The van der Waals surface area contributed by atoms with Crippen molar-refractivity contribution in [1.29, 1.82) is 0 Å². The van der Waals surface area contributed by atoms with E-state index in [0.717, 1.165) is 18.3 Å². The van der Waals surface area contributed by atoms with Crippen LogP contribution in [0.4, 0.5) is 13.2 Å². The predicted molar refractivity (Wildman–Crippen MR) is 98.7 cm³/mol. The molecule has 0 bridgehead atoms. The number of amides is 1. The number of likely N-dealkylation sites (tertiary alicyclic amines) is 1. The Balaban J connectivity index is 1.51. The van der Waals surface area contributed by atoms with Crippen LogP contribution in [0.15, 0.2) is 53.5 Å². The van der Waals surface area contributed by atoms with Crippen LogP contribution in [0.5, 0.6) is 5.88 Å². The van der Waals surface area contributed by atoms with Crippen LogP contribution < -0.4 is 10.3 Å². The molecular formula is C20H16F3N3O3. The molecule has 1 amide bonds. The maximum Gasteiger partial charge on any atom is 0.416 e. The molecule has 3 heterocycles. The van der Waals surface area contributed by atoms with Gasteiger partial charge < -0.3 is 14.6 Å². The summed E-state index contributed by atoms with van der Waals surface area (Å²) in [5, 5.41) is 0.626.